The van der Waals surface area contributed by atoms with Crippen LogP contribution in [-0.4, -0.2) is 62.1 Å². The molecule has 0 unspecified atom stereocenters. The van der Waals surface area contributed by atoms with E-state index in [0.717, 1.165) is 66.8 Å². The Morgan fingerprint density at radius 3 is 2.51 bits per heavy atom. The molecule has 1 aliphatic heterocycles. The Morgan fingerprint density at radius 2 is 1.87 bits per heavy atom. The van der Waals surface area contributed by atoms with Gasteiger partial charge < -0.3 is 14.8 Å². The maximum atomic E-state index is 13.1. The third-order valence-corrected chi connectivity index (χ3v) is 9.71. The molecule has 2 fully saturated rings. The fraction of sp³-hybridized carbons (Fsp3) is 0.500. The number of nitrogens with one attached hydrogen (secondary N) is 1. The fourth-order valence-corrected chi connectivity index (χ4v) is 7.52. The van der Waals surface area contributed by atoms with Gasteiger partial charge in [-0.1, -0.05) is 31.4 Å². The van der Waals surface area contributed by atoms with Gasteiger partial charge in [-0.15, -0.1) is 0 Å². The van der Waals surface area contributed by atoms with Gasteiger partial charge in [0.2, 0.25) is 0 Å². The summed E-state index contributed by atoms with van der Waals surface area (Å²) in [4.78, 5) is 50.3. The van der Waals surface area contributed by atoms with Crippen molar-refractivity contribution in [3.63, 3.8) is 0 Å². The maximum absolute atomic E-state index is 13.1. The molecule has 0 bridgehead atoms. The number of allylic oxidation sites excluding steroid dienone is 2. The molecule has 3 heterocycles. The molecule has 2 aliphatic carbocycles. The zero-order valence-electron chi connectivity index (χ0n) is 26.3. The van der Waals surface area contributed by atoms with E-state index in [-0.39, 0.29) is 30.5 Å². The summed E-state index contributed by atoms with van der Waals surface area (Å²) in [6.07, 6.45) is 7.25. The summed E-state index contributed by atoms with van der Waals surface area (Å²) in [5.41, 5.74) is 2.94. The molecule has 11 heteroatoms. The second-order valence-corrected chi connectivity index (χ2v) is 13.9. The van der Waals surface area contributed by atoms with Gasteiger partial charge in [-0.3, -0.25) is 14.3 Å². The van der Waals surface area contributed by atoms with Gasteiger partial charge in [0.05, 0.1) is 22.5 Å². The molecule has 0 radical (unpaired) electrons. The van der Waals surface area contributed by atoms with E-state index in [1.807, 2.05) is 61.7 Å². The molecule has 1 saturated heterocycles. The van der Waals surface area contributed by atoms with Gasteiger partial charge in [-0.05, 0) is 92.7 Å². The molecule has 238 valence electrons. The van der Waals surface area contributed by atoms with Crippen LogP contribution in [0.4, 0.5) is 4.79 Å². The van der Waals surface area contributed by atoms with Crippen LogP contribution in [0.5, 0.6) is 0 Å². The number of ketones is 1. The van der Waals surface area contributed by atoms with Crippen LogP contribution in [0.2, 0.25) is 0 Å². The van der Waals surface area contributed by atoms with Gasteiger partial charge in [0.1, 0.15) is 23.0 Å². The van der Waals surface area contributed by atoms with Crippen LogP contribution in [0.25, 0.3) is 16.9 Å². The number of esters is 1. The van der Waals surface area contributed by atoms with Gasteiger partial charge >= 0.3 is 12.1 Å². The monoisotopic (exact) mass is 677 g/mol. The molecule has 2 atom stereocenters. The molecule has 6 rings (SSSR count). The van der Waals surface area contributed by atoms with Crippen molar-refractivity contribution in [1.29, 1.82) is 0 Å². The minimum atomic E-state index is -0.645. The molecule has 3 aromatic rings. The molecule has 1 N–H and O–H groups in total. The summed E-state index contributed by atoms with van der Waals surface area (Å²) in [5.74, 6) is 0.508. The number of ether oxygens (including phenoxy) is 2. The third kappa shape index (κ3) is 5.87. The smallest absolute Gasteiger partial charge is 0.410 e. The van der Waals surface area contributed by atoms with Crippen molar-refractivity contribution in [3.05, 3.63) is 64.2 Å². The SMILES string of the molecule is CCOC(=O)[C@H](Cc1ccc(-n2c([C@@H]3CCN3C(=O)OC(C)(C)C)nc3cccnc32)cc1)NC1=C(Br)C(=O)C12CCCCC2. The van der Waals surface area contributed by atoms with Crippen LogP contribution in [0, 0.1) is 5.41 Å². The number of hydrogen-bond donors (Lipinski definition) is 1. The third-order valence-electron chi connectivity index (χ3n) is 8.95. The Labute approximate surface area is 271 Å². The van der Waals surface area contributed by atoms with Crippen LogP contribution in [-0.2, 0) is 25.5 Å². The lowest BCUT2D eigenvalue weighted by Crippen LogP contribution is -2.53. The number of likely N-dealkylation sites (tertiary alicyclic amines) is 1. The van der Waals surface area contributed by atoms with Crippen molar-refractivity contribution >= 4 is 44.9 Å². The molecular formula is C34H40BrN5O5. The van der Waals surface area contributed by atoms with Gasteiger partial charge in [-0.25, -0.2) is 19.6 Å². The molecule has 3 aliphatic rings. The summed E-state index contributed by atoms with van der Waals surface area (Å²) in [5, 5.41) is 3.43. The average molecular weight is 679 g/mol. The highest BCUT2D eigenvalue weighted by Gasteiger charge is 2.54. The van der Waals surface area contributed by atoms with Crippen LogP contribution in [0.1, 0.15) is 83.6 Å². The first-order valence-electron chi connectivity index (χ1n) is 15.8. The number of pyridine rings is 1. The molecule has 1 spiro atoms. The molecule has 10 nitrogen and oxygen atoms in total. The number of fused-ring (bicyclic) bond motifs is 1. The normalized spacial score (nSPS) is 20.1. The zero-order chi connectivity index (χ0) is 31.9. The summed E-state index contributed by atoms with van der Waals surface area (Å²) < 4.78 is 13.6. The predicted molar refractivity (Wildman–Crippen MR) is 173 cm³/mol. The number of rotatable bonds is 8. The number of nitrogens with zero attached hydrogens (tertiary/aromatic N) is 4. The van der Waals surface area contributed by atoms with Crippen LogP contribution in [0.3, 0.4) is 0 Å². The Bertz CT molecular complexity index is 1650. The number of imidazole rings is 1. The van der Waals surface area contributed by atoms with Crippen molar-refractivity contribution in [3.8, 4) is 5.69 Å². The number of aromatic nitrogens is 3. The van der Waals surface area contributed by atoms with E-state index in [2.05, 4.69) is 26.2 Å². The van der Waals surface area contributed by atoms with E-state index < -0.39 is 17.1 Å². The number of carbonyl (C=O) groups is 3. The molecule has 45 heavy (non-hydrogen) atoms. The summed E-state index contributed by atoms with van der Waals surface area (Å²) in [7, 11) is 0. The molecule has 2 aromatic heterocycles. The Morgan fingerprint density at radius 1 is 1.13 bits per heavy atom. The standard InChI is InChI=1S/C34H40BrN5O5/c1-5-44-31(42)24(37-27-26(35)28(41)34(27)16-7-6-8-17-34)20-21-11-13-22(14-12-21)40-29-23(10-9-18-36-29)38-30(40)25-15-19-39(25)32(43)45-33(2,3)4/h9-14,18,24-25,37H,5-8,15-17,19-20H2,1-4H3/t24-,25-/m0/s1. The maximum Gasteiger partial charge on any atom is 0.410 e. The van der Waals surface area contributed by atoms with Crippen LogP contribution < -0.4 is 5.32 Å². The lowest BCUT2D eigenvalue weighted by Gasteiger charge is -2.46. The van der Waals surface area contributed by atoms with E-state index in [9.17, 15) is 14.4 Å². The number of benzene rings is 1. The second kappa shape index (κ2) is 12.2. The Balaban J connectivity index is 1.27. The molecular weight excluding hydrogens is 638 g/mol. The molecule has 1 amide bonds. The summed E-state index contributed by atoms with van der Waals surface area (Å²) in [6, 6.07) is 10.8. The van der Waals surface area contributed by atoms with Gasteiger partial charge in [-0.2, -0.15) is 0 Å². The van der Waals surface area contributed by atoms with Crippen molar-refractivity contribution in [1.82, 2.24) is 24.8 Å². The topological polar surface area (TPSA) is 116 Å². The minimum Gasteiger partial charge on any atom is -0.464 e. The summed E-state index contributed by atoms with van der Waals surface area (Å²) in [6.45, 7) is 8.23. The number of carbonyl (C=O) groups excluding carboxylic acids is 3. The van der Waals surface area contributed by atoms with Gasteiger partial charge in [0.15, 0.2) is 11.4 Å². The zero-order valence-corrected chi connectivity index (χ0v) is 27.9. The lowest BCUT2D eigenvalue weighted by molar-refractivity contribution is -0.146. The quantitative estimate of drug-likeness (QED) is 0.276. The van der Waals surface area contributed by atoms with Crippen molar-refractivity contribution in [2.75, 3.05) is 13.2 Å². The minimum absolute atomic E-state index is 0.130. The molecule has 1 aromatic carbocycles. The number of amides is 1. The van der Waals surface area contributed by atoms with Crippen molar-refractivity contribution in [2.45, 2.75) is 90.3 Å². The van der Waals surface area contributed by atoms with Gasteiger partial charge in [0.25, 0.3) is 0 Å². The highest BCUT2D eigenvalue weighted by Crippen LogP contribution is 2.53. The van der Waals surface area contributed by atoms with E-state index in [1.165, 1.54) is 0 Å². The highest BCUT2D eigenvalue weighted by molar-refractivity contribution is 9.12. The largest absolute Gasteiger partial charge is 0.464 e. The van der Waals surface area contributed by atoms with E-state index in [4.69, 9.17) is 14.5 Å². The first-order valence-corrected chi connectivity index (χ1v) is 16.6. The number of hydrogen-bond acceptors (Lipinski definition) is 8. The first-order chi connectivity index (χ1) is 21.5. The highest BCUT2D eigenvalue weighted by atomic mass is 79.9. The number of Topliss-reactive ketones (excluding diaryl/α,β-unsaturated/α-hetero) is 1. The van der Waals surface area contributed by atoms with Crippen LogP contribution in [0.15, 0.2) is 52.8 Å². The van der Waals surface area contributed by atoms with Crippen molar-refractivity contribution in [2.24, 2.45) is 5.41 Å². The van der Waals surface area contributed by atoms with E-state index >= 15 is 0 Å². The van der Waals surface area contributed by atoms with E-state index in [0.29, 0.717) is 23.1 Å². The number of halogens is 1. The molecule has 1 saturated carbocycles. The fourth-order valence-electron chi connectivity index (χ4n) is 6.65. The lowest BCUT2D eigenvalue weighted by atomic mass is 9.62. The summed E-state index contributed by atoms with van der Waals surface area (Å²) >= 11 is 3.48. The first kappa shape index (κ1) is 31.3. The van der Waals surface area contributed by atoms with Crippen LogP contribution >= 0.6 is 15.9 Å². The Kier molecular flexibility index (Phi) is 8.49. The van der Waals surface area contributed by atoms with E-state index in [1.54, 1.807) is 18.0 Å². The average Bonchev–Trinajstić information content (AvgIpc) is 3.36. The van der Waals surface area contributed by atoms with Crippen molar-refractivity contribution < 1.29 is 23.9 Å². The second-order valence-electron chi connectivity index (χ2n) is 13.1. The Hall–Kier alpha value is -3.73. The van der Waals surface area contributed by atoms with Gasteiger partial charge in [0, 0.05) is 30.5 Å². The predicted octanol–water partition coefficient (Wildman–Crippen LogP) is 6.31.